The van der Waals surface area contributed by atoms with Crippen LogP contribution in [0.25, 0.3) is 0 Å². The molecule has 1 N–H and O–H groups in total. The van der Waals surface area contributed by atoms with Crippen molar-refractivity contribution in [1.29, 1.82) is 0 Å². The zero-order valence-electron chi connectivity index (χ0n) is 13.7. The maximum Gasteiger partial charge on any atom is 0.273 e. The quantitative estimate of drug-likeness (QED) is 0.913. The molecule has 1 aromatic heterocycles. The van der Waals surface area contributed by atoms with Crippen LogP contribution in [0.2, 0.25) is 0 Å². The fourth-order valence-electron chi connectivity index (χ4n) is 2.11. The van der Waals surface area contributed by atoms with Gasteiger partial charge in [-0.15, -0.1) is 0 Å². The fraction of sp³-hybridized carbons (Fsp3) is 0.312. The number of anilines is 1. The highest BCUT2D eigenvalue weighted by atomic mass is 16.5. The lowest BCUT2D eigenvalue weighted by atomic mass is 10.2. The summed E-state index contributed by atoms with van der Waals surface area (Å²) in [6.45, 7) is 2.41. The van der Waals surface area contributed by atoms with E-state index in [9.17, 15) is 9.59 Å². The van der Waals surface area contributed by atoms with Crippen LogP contribution in [0.1, 0.15) is 27.8 Å². The molecule has 0 saturated heterocycles. The Hall–Kier alpha value is -2.83. The first kappa shape index (κ1) is 16.5. The second-order valence-corrected chi connectivity index (χ2v) is 5.11. The summed E-state index contributed by atoms with van der Waals surface area (Å²) in [5.41, 5.74) is 1.18. The third-order valence-electron chi connectivity index (χ3n) is 3.33. The predicted molar refractivity (Wildman–Crippen MR) is 86.9 cm³/mol. The number of benzene rings is 1. The van der Waals surface area contributed by atoms with Crippen LogP contribution in [0.3, 0.4) is 0 Å². The summed E-state index contributed by atoms with van der Waals surface area (Å²) in [6, 6.07) is 6.80. The molecule has 0 aliphatic carbocycles. The van der Waals surface area contributed by atoms with Crippen molar-refractivity contribution in [2.24, 2.45) is 0 Å². The van der Waals surface area contributed by atoms with Gasteiger partial charge in [0.05, 0.1) is 19.0 Å². The number of hydrogen-bond donors (Lipinski definition) is 1. The maximum atomic E-state index is 12.4. The van der Waals surface area contributed by atoms with Crippen LogP contribution in [0.15, 0.2) is 30.5 Å². The van der Waals surface area contributed by atoms with Crippen molar-refractivity contribution >= 4 is 17.5 Å². The first-order valence-corrected chi connectivity index (χ1v) is 7.20. The molecule has 7 nitrogen and oxygen atoms in total. The Morgan fingerprint density at radius 3 is 2.70 bits per heavy atom. The number of nitrogens with zero attached hydrogens (tertiary/aromatic N) is 3. The molecule has 1 aromatic carbocycles. The topological polar surface area (TPSA) is 76.5 Å². The molecule has 0 saturated carbocycles. The van der Waals surface area contributed by atoms with Gasteiger partial charge in [0.25, 0.3) is 11.8 Å². The molecular weight excluding hydrogens is 296 g/mol. The Morgan fingerprint density at radius 1 is 1.35 bits per heavy atom. The van der Waals surface area contributed by atoms with Crippen molar-refractivity contribution < 1.29 is 14.3 Å². The summed E-state index contributed by atoms with van der Waals surface area (Å²) in [6.07, 6.45) is 1.48. The van der Waals surface area contributed by atoms with Crippen LogP contribution in [0.4, 0.5) is 5.69 Å². The monoisotopic (exact) mass is 316 g/mol. The summed E-state index contributed by atoms with van der Waals surface area (Å²) in [5.74, 6) is 0.0455. The van der Waals surface area contributed by atoms with Gasteiger partial charge >= 0.3 is 0 Å². The molecule has 0 fully saturated rings. The Labute approximate surface area is 134 Å². The molecule has 2 aromatic rings. The molecule has 0 radical (unpaired) electrons. The SMILES string of the molecule is CCn1ncc(NC(=O)c2cccc(OC)c2)c1C(=O)N(C)C. The van der Waals surface area contributed by atoms with Crippen LogP contribution in [-0.2, 0) is 6.54 Å². The number of carbonyl (C=O) groups is 2. The minimum absolute atomic E-state index is 0.217. The van der Waals surface area contributed by atoms with E-state index in [1.54, 1.807) is 43.0 Å². The van der Waals surface area contributed by atoms with Gasteiger partial charge in [-0.2, -0.15) is 5.10 Å². The van der Waals surface area contributed by atoms with Gasteiger partial charge in [-0.05, 0) is 25.1 Å². The molecule has 122 valence electrons. The molecule has 1 heterocycles. The van der Waals surface area contributed by atoms with Gasteiger partial charge in [0, 0.05) is 26.2 Å². The van der Waals surface area contributed by atoms with E-state index in [1.807, 2.05) is 6.92 Å². The summed E-state index contributed by atoms with van der Waals surface area (Å²) in [4.78, 5) is 26.2. The fourth-order valence-corrected chi connectivity index (χ4v) is 2.11. The van der Waals surface area contributed by atoms with Gasteiger partial charge in [-0.25, -0.2) is 0 Å². The number of carbonyl (C=O) groups excluding carboxylic acids is 2. The number of methoxy groups -OCH3 is 1. The van der Waals surface area contributed by atoms with Crippen molar-refractivity contribution in [2.75, 3.05) is 26.5 Å². The summed E-state index contributed by atoms with van der Waals surface area (Å²) in [7, 11) is 4.85. The highest BCUT2D eigenvalue weighted by molar-refractivity contribution is 6.08. The van der Waals surface area contributed by atoms with Gasteiger partial charge < -0.3 is 15.0 Å². The smallest absolute Gasteiger partial charge is 0.273 e. The van der Waals surface area contributed by atoms with Crippen LogP contribution in [0.5, 0.6) is 5.75 Å². The minimum Gasteiger partial charge on any atom is -0.497 e. The van der Waals surface area contributed by atoms with Crippen LogP contribution >= 0.6 is 0 Å². The normalized spacial score (nSPS) is 10.3. The van der Waals surface area contributed by atoms with E-state index >= 15 is 0 Å². The van der Waals surface area contributed by atoms with Gasteiger partial charge in [0.15, 0.2) is 0 Å². The summed E-state index contributed by atoms with van der Waals surface area (Å²) >= 11 is 0. The molecule has 7 heteroatoms. The van der Waals surface area contributed by atoms with E-state index in [-0.39, 0.29) is 11.8 Å². The predicted octanol–water partition coefficient (Wildman–Crippen LogP) is 1.87. The van der Waals surface area contributed by atoms with Crippen molar-refractivity contribution in [3.63, 3.8) is 0 Å². The highest BCUT2D eigenvalue weighted by Crippen LogP contribution is 2.19. The number of amides is 2. The largest absolute Gasteiger partial charge is 0.497 e. The Balaban J connectivity index is 2.31. The maximum absolute atomic E-state index is 12.4. The van der Waals surface area contributed by atoms with E-state index in [2.05, 4.69) is 10.4 Å². The Morgan fingerprint density at radius 2 is 2.09 bits per heavy atom. The van der Waals surface area contributed by atoms with E-state index < -0.39 is 0 Å². The van der Waals surface area contributed by atoms with Crippen molar-refractivity contribution in [3.05, 3.63) is 41.7 Å². The first-order valence-electron chi connectivity index (χ1n) is 7.20. The molecular formula is C16H20N4O3. The lowest BCUT2D eigenvalue weighted by Gasteiger charge is -2.13. The lowest BCUT2D eigenvalue weighted by Crippen LogP contribution is -2.26. The first-order chi connectivity index (χ1) is 11.0. The molecule has 0 atom stereocenters. The van der Waals surface area contributed by atoms with Gasteiger partial charge in [-0.1, -0.05) is 6.07 Å². The number of rotatable bonds is 5. The Bertz CT molecular complexity index is 722. The number of nitrogens with one attached hydrogen (secondary N) is 1. The second-order valence-electron chi connectivity index (χ2n) is 5.11. The van der Waals surface area contributed by atoms with Crippen LogP contribution in [0, 0.1) is 0 Å². The summed E-state index contributed by atoms with van der Waals surface area (Å²) in [5, 5.41) is 6.89. The zero-order chi connectivity index (χ0) is 17.0. The average Bonchev–Trinajstić information content (AvgIpc) is 2.96. The lowest BCUT2D eigenvalue weighted by molar-refractivity contribution is 0.0816. The molecule has 23 heavy (non-hydrogen) atoms. The van der Waals surface area contributed by atoms with E-state index in [0.717, 1.165) is 0 Å². The van der Waals surface area contributed by atoms with E-state index in [0.29, 0.717) is 29.2 Å². The van der Waals surface area contributed by atoms with Gasteiger partial charge in [0.2, 0.25) is 0 Å². The molecule has 0 unspecified atom stereocenters. The van der Waals surface area contributed by atoms with E-state index in [4.69, 9.17) is 4.74 Å². The molecule has 2 rings (SSSR count). The van der Waals surface area contributed by atoms with Gasteiger partial charge in [-0.3, -0.25) is 14.3 Å². The molecule has 0 bridgehead atoms. The number of ether oxygens (including phenoxy) is 1. The molecule has 2 amide bonds. The zero-order valence-corrected chi connectivity index (χ0v) is 13.7. The van der Waals surface area contributed by atoms with E-state index in [1.165, 1.54) is 18.2 Å². The van der Waals surface area contributed by atoms with Crippen molar-refractivity contribution in [1.82, 2.24) is 14.7 Å². The average molecular weight is 316 g/mol. The van der Waals surface area contributed by atoms with Crippen LogP contribution < -0.4 is 10.1 Å². The Kier molecular flexibility index (Phi) is 5.00. The number of aryl methyl sites for hydroxylation is 1. The van der Waals surface area contributed by atoms with Gasteiger partial charge in [0.1, 0.15) is 11.4 Å². The highest BCUT2D eigenvalue weighted by Gasteiger charge is 2.21. The third-order valence-corrected chi connectivity index (χ3v) is 3.33. The summed E-state index contributed by atoms with van der Waals surface area (Å²) < 4.78 is 6.67. The minimum atomic E-state index is -0.327. The molecule has 0 aliphatic rings. The second kappa shape index (κ2) is 6.95. The molecule has 0 aliphatic heterocycles. The molecule has 0 spiro atoms. The third kappa shape index (κ3) is 3.50. The number of aromatic nitrogens is 2. The number of hydrogen-bond acceptors (Lipinski definition) is 4. The van der Waals surface area contributed by atoms with Crippen LogP contribution in [-0.4, -0.2) is 47.7 Å². The van der Waals surface area contributed by atoms with Crippen molar-refractivity contribution in [2.45, 2.75) is 13.5 Å². The van der Waals surface area contributed by atoms with Crippen molar-refractivity contribution in [3.8, 4) is 5.75 Å². The standard InChI is InChI=1S/C16H20N4O3/c1-5-20-14(16(22)19(2)3)13(10-17-20)18-15(21)11-7-6-8-12(9-11)23-4/h6-10H,5H2,1-4H3,(H,18,21).